The van der Waals surface area contributed by atoms with Crippen molar-refractivity contribution in [3.05, 3.63) is 50.7 Å². The van der Waals surface area contributed by atoms with Crippen LogP contribution in [-0.4, -0.2) is 56.0 Å². The van der Waals surface area contributed by atoms with Crippen molar-refractivity contribution in [2.45, 2.75) is 56.3 Å². The van der Waals surface area contributed by atoms with Crippen LogP contribution in [0.2, 0.25) is 5.02 Å². The van der Waals surface area contributed by atoms with Crippen LogP contribution >= 0.6 is 23.8 Å². The summed E-state index contributed by atoms with van der Waals surface area (Å²) in [6.07, 6.45) is -3.48. The SMILES string of the molecule is N#Cc1c(-c2ccc(Cl)cc2)c2c(n([C@H]3O[C@@H](CO)[C@@H](O)[C@@H](O)[C@@H]3O)c1=S)CCCC2. The molecule has 2 aliphatic rings. The Morgan fingerprint density at radius 2 is 1.77 bits per heavy atom. The number of aliphatic hydroxyl groups is 4. The normalized spacial score (nSPS) is 28.1. The molecule has 1 aliphatic heterocycles. The van der Waals surface area contributed by atoms with Crippen LogP contribution < -0.4 is 0 Å². The number of halogens is 1. The van der Waals surface area contributed by atoms with E-state index in [9.17, 15) is 25.7 Å². The number of hydrogen-bond acceptors (Lipinski definition) is 7. The Labute approximate surface area is 189 Å². The van der Waals surface area contributed by atoms with Crippen LogP contribution in [0.3, 0.4) is 0 Å². The predicted molar refractivity (Wildman–Crippen MR) is 116 cm³/mol. The number of rotatable bonds is 3. The Bertz CT molecular complexity index is 1080. The maximum Gasteiger partial charge on any atom is 0.164 e. The van der Waals surface area contributed by atoms with Gasteiger partial charge in [-0.15, -0.1) is 0 Å². The molecule has 1 saturated heterocycles. The summed E-state index contributed by atoms with van der Waals surface area (Å²) >= 11 is 11.7. The second kappa shape index (κ2) is 8.96. The van der Waals surface area contributed by atoms with Gasteiger partial charge in [0.1, 0.15) is 35.1 Å². The van der Waals surface area contributed by atoms with Crippen LogP contribution in [0.1, 0.15) is 35.9 Å². The van der Waals surface area contributed by atoms with Crippen molar-refractivity contribution in [3.63, 3.8) is 0 Å². The van der Waals surface area contributed by atoms with Gasteiger partial charge in [0, 0.05) is 16.3 Å². The zero-order chi connectivity index (χ0) is 22.3. The molecule has 1 fully saturated rings. The Morgan fingerprint density at radius 3 is 2.42 bits per heavy atom. The van der Waals surface area contributed by atoms with Crippen LogP contribution in [0.25, 0.3) is 11.1 Å². The van der Waals surface area contributed by atoms with Gasteiger partial charge in [-0.05, 0) is 48.9 Å². The van der Waals surface area contributed by atoms with Crippen molar-refractivity contribution in [1.29, 1.82) is 5.26 Å². The Hall–Kier alpha value is -1.83. The van der Waals surface area contributed by atoms with Crippen LogP contribution in [0, 0.1) is 16.0 Å². The second-order valence-electron chi connectivity index (χ2n) is 7.90. The molecule has 2 aromatic rings. The van der Waals surface area contributed by atoms with E-state index in [-0.39, 0.29) is 10.2 Å². The minimum Gasteiger partial charge on any atom is -0.394 e. The van der Waals surface area contributed by atoms with Crippen LogP contribution in [-0.2, 0) is 17.6 Å². The van der Waals surface area contributed by atoms with Gasteiger partial charge in [0.25, 0.3) is 0 Å². The molecular weight excluding hydrogens is 440 g/mol. The molecule has 1 aromatic carbocycles. The molecule has 5 atom stereocenters. The molecule has 7 nitrogen and oxygen atoms in total. The van der Waals surface area contributed by atoms with Gasteiger partial charge >= 0.3 is 0 Å². The van der Waals surface area contributed by atoms with Gasteiger partial charge in [0.2, 0.25) is 0 Å². The predicted octanol–water partition coefficient (Wildman–Crippen LogP) is 2.26. The van der Waals surface area contributed by atoms with E-state index in [0.29, 0.717) is 11.4 Å². The average Bonchev–Trinajstić information content (AvgIpc) is 2.78. The summed E-state index contributed by atoms with van der Waals surface area (Å²) in [7, 11) is 0. The number of benzene rings is 1. The topological polar surface area (TPSA) is 119 Å². The smallest absolute Gasteiger partial charge is 0.164 e. The van der Waals surface area contributed by atoms with Crippen molar-refractivity contribution in [2.24, 2.45) is 0 Å². The third-order valence-corrected chi connectivity index (χ3v) is 6.73. The fourth-order valence-electron chi connectivity index (χ4n) is 4.53. The van der Waals surface area contributed by atoms with Crippen LogP contribution in [0.15, 0.2) is 24.3 Å². The van der Waals surface area contributed by atoms with Gasteiger partial charge in [0.05, 0.1) is 12.2 Å². The van der Waals surface area contributed by atoms with Crippen molar-refractivity contribution >= 4 is 23.8 Å². The summed E-state index contributed by atoms with van der Waals surface area (Å²) in [4.78, 5) is 0. The first-order chi connectivity index (χ1) is 14.9. The highest BCUT2D eigenvalue weighted by molar-refractivity contribution is 7.71. The molecule has 1 aromatic heterocycles. The summed E-state index contributed by atoms with van der Waals surface area (Å²) in [6, 6.07) is 9.42. The van der Waals surface area contributed by atoms with E-state index in [1.807, 2.05) is 12.1 Å². The average molecular weight is 463 g/mol. The van der Waals surface area contributed by atoms with E-state index >= 15 is 0 Å². The van der Waals surface area contributed by atoms with Crippen LogP contribution in [0.4, 0.5) is 0 Å². The quantitative estimate of drug-likeness (QED) is 0.516. The van der Waals surface area contributed by atoms with E-state index in [1.165, 1.54) is 0 Å². The maximum absolute atomic E-state index is 10.7. The lowest BCUT2D eigenvalue weighted by Gasteiger charge is -2.42. The monoisotopic (exact) mass is 462 g/mol. The fraction of sp³-hybridized carbons (Fsp3) is 0.455. The Kier molecular flexibility index (Phi) is 6.47. The molecule has 0 bridgehead atoms. The highest BCUT2D eigenvalue weighted by Crippen LogP contribution is 2.39. The molecule has 0 amide bonds. The first-order valence-corrected chi connectivity index (χ1v) is 10.9. The number of hydrogen-bond donors (Lipinski definition) is 4. The first-order valence-electron chi connectivity index (χ1n) is 10.2. The van der Waals surface area contributed by atoms with Gasteiger partial charge in [0.15, 0.2) is 6.23 Å². The first kappa shape index (κ1) is 22.4. The summed E-state index contributed by atoms with van der Waals surface area (Å²) in [5, 5.41) is 51.3. The number of pyridine rings is 1. The molecule has 2 heterocycles. The molecule has 0 spiro atoms. The number of nitriles is 1. The maximum atomic E-state index is 10.7. The summed E-state index contributed by atoms with van der Waals surface area (Å²) < 4.78 is 7.55. The lowest BCUT2D eigenvalue weighted by atomic mass is 9.86. The van der Waals surface area contributed by atoms with E-state index in [2.05, 4.69) is 6.07 Å². The van der Waals surface area contributed by atoms with Gasteiger partial charge < -0.3 is 29.7 Å². The molecule has 9 heteroatoms. The highest BCUT2D eigenvalue weighted by atomic mass is 35.5. The molecule has 0 radical (unpaired) electrons. The van der Waals surface area contributed by atoms with Crippen molar-refractivity contribution in [2.75, 3.05) is 6.61 Å². The third kappa shape index (κ3) is 3.81. The molecular formula is C22H23ClN2O5S. The zero-order valence-corrected chi connectivity index (χ0v) is 18.2. The Balaban J connectivity index is 1.96. The van der Waals surface area contributed by atoms with E-state index in [4.69, 9.17) is 28.6 Å². The molecule has 0 unspecified atom stereocenters. The lowest BCUT2D eigenvalue weighted by molar-refractivity contribution is -0.252. The van der Waals surface area contributed by atoms with Gasteiger partial charge in [-0.3, -0.25) is 0 Å². The molecule has 0 saturated carbocycles. The van der Waals surface area contributed by atoms with E-state index in [0.717, 1.165) is 41.6 Å². The molecule has 4 N–H and O–H groups in total. The molecule has 1 aliphatic carbocycles. The van der Waals surface area contributed by atoms with E-state index < -0.39 is 37.3 Å². The van der Waals surface area contributed by atoms with Crippen molar-refractivity contribution < 1.29 is 25.2 Å². The fourth-order valence-corrected chi connectivity index (χ4v) is 5.02. The van der Waals surface area contributed by atoms with Gasteiger partial charge in [-0.25, -0.2) is 0 Å². The number of aromatic nitrogens is 1. The third-order valence-electron chi connectivity index (χ3n) is 6.08. The summed E-state index contributed by atoms with van der Waals surface area (Å²) in [6.45, 7) is -0.537. The largest absolute Gasteiger partial charge is 0.394 e. The zero-order valence-electron chi connectivity index (χ0n) is 16.6. The van der Waals surface area contributed by atoms with Crippen LogP contribution in [0.5, 0.6) is 0 Å². The lowest BCUT2D eigenvalue weighted by Crippen LogP contribution is -2.57. The number of fused-ring (bicyclic) bond motifs is 1. The summed E-state index contributed by atoms with van der Waals surface area (Å²) in [5.41, 5.74) is 3.61. The highest BCUT2D eigenvalue weighted by Gasteiger charge is 2.45. The minimum atomic E-state index is -1.53. The molecule has 4 rings (SSSR count). The second-order valence-corrected chi connectivity index (χ2v) is 8.72. The minimum absolute atomic E-state index is 0.178. The number of aliphatic hydroxyl groups excluding tert-OH is 4. The van der Waals surface area contributed by atoms with E-state index in [1.54, 1.807) is 16.7 Å². The van der Waals surface area contributed by atoms with Gasteiger partial charge in [-0.2, -0.15) is 5.26 Å². The number of nitrogens with zero attached hydrogens (tertiary/aromatic N) is 2. The number of ether oxygens (including phenoxy) is 1. The Morgan fingerprint density at radius 1 is 1.10 bits per heavy atom. The van der Waals surface area contributed by atoms with Crippen molar-refractivity contribution in [1.82, 2.24) is 4.57 Å². The molecule has 31 heavy (non-hydrogen) atoms. The summed E-state index contributed by atoms with van der Waals surface area (Å²) in [5.74, 6) is 0. The van der Waals surface area contributed by atoms with Gasteiger partial charge in [-0.1, -0.05) is 36.0 Å². The van der Waals surface area contributed by atoms with Crippen molar-refractivity contribution in [3.8, 4) is 17.2 Å². The standard InChI is InChI=1S/C22H23ClN2O5S/c23-12-7-5-11(6-8-12)17-13-3-1-2-4-15(13)25(22(31)14(17)9-24)21-20(29)19(28)18(27)16(10-26)30-21/h5-8,16,18-21,26-29H,1-4,10H2/t16-,18+,19+,20-,21-/m0/s1. The molecule has 164 valence electrons.